The first-order valence-electron chi connectivity index (χ1n) is 9.45. The van der Waals surface area contributed by atoms with E-state index in [0.717, 1.165) is 12.1 Å². The number of amides is 1. The molecule has 0 radical (unpaired) electrons. The van der Waals surface area contributed by atoms with Gasteiger partial charge in [-0.1, -0.05) is 64.8 Å². The van der Waals surface area contributed by atoms with Gasteiger partial charge in [-0.3, -0.25) is 4.79 Å². The van der Waals surface area contributed by atoms with Crippen molar-refractivity contribution >= 4 is 40.5 Å². The molecule has 164 valence electrons. The van der Waals surface area contributed by atoms with Crippen LogP contribution in [0.5, 0.6) is 0 Å². The minimum Gasteiger partial charge on any atom is -0.390 e. The molecular formula is C23H15Cl2F3N2O2. The lowest BCUT2D eigenvalue weighted by molar-refractivity contribution is -0.137. The number of carbonyl (C=O) groups is 1. The Hall–Kier alpha value is -3.03. The van der Waals surface area contributed by atoms with E-state index in [9.17, 15) is 18.0 Å². The molecule has 32 heavy (non-hydrogen) atoms. The summed E-state index contributed by atoms with van der Waals surface area (Å²) in [5.41, 5.74) is 1.36. The summed E-state index contributed by atoms with van der Waals surface area (Å²) in [6, 6.07) is 16.7. The third-order valence-electron chi connectivity index (χ3n) is 4.88. The molecule has 0 saturated heterocycles. The molecule has 0 aliphatic carbocycles. The van der Waals surface area contributed by atoms with Gasteiger partial charge in [0.2, 0.25) is 0 Å². The fraction of sp³-hybridized carbons (Fsp3) is 0.130. The van der Waals surface area contributed by atoms with Crippen LogP contribution in [-0.4, -0.2) is 11.6 Å². The first-order valence-corrected chi connectivity index (χ1v) is 10.2. The Morgan fingerprint density at radius 1 is 0.969 bits per heavy atom. The van der Waals surface area contributed by atoms with E-state index in [4.69, 9.17) is 28.0 Å². The molecule has 1 amide bonds. The molecule has 9 heteroatoms. The minimum atomic E-state index is -4.47. The number of anilines is 1. The average molecular weight is 479 g/mol. The lowest BCUT2D eigenvalue weighted by atomic mass is 10.1. The molecule has 1 heterocycles. The average Bonchev–Trinajstić information content (AvgIpc) is 3.01. The van der Waals surface area contributed by atoms with E-state index in [1.165, 1.54) is 11.0 Å². The Morgan fingerprint density at radius 2 is 1.75 bits per heavy atom. The normalized spacial score (nSPS) is 14.7. The molecule has 0 N–H and O–H groups in total. The van der Waals surface area contributed by atoms with Crippen LogP contribution in [0.3, 0.4) is 0 Å². The van der Waals surface area contributed by atoms with Gasteiger partial charge in [0.15, 0.2) is 5.71 Å². The van der Waals surface area contributed by atoms with Gasteiger partial charge in [0.25, 0.3) is 5.91 Å². The first kappa shape index (κ1) is 22.2. The third kappa shape index (κ3) is 4.59. The van der Waals surface area contributed by atoms with Crippen molar-refractivity contribution in [2.75, 3.05) is 4.90 Å². The molecule has 3 aromatic rings. The van der Waals surface area contributed by atoms with Crippen molar-refractivity contribution in [1.29, 1.82) is 0 Å². The van der Waals surface area contributed by atoms with Gasteiger partial charge < -0.3 is 9.74 Å². The molecule has 4 rings (SSSR count). The van der Waals surface area contributed by atoms with Crippen molar-refractivity contribution in [1.82, 2.24) is 0 Å². The van der Waals surface area contributed by atoms with E-state index < -0.39 is 17.6 Å². The number of oxime groups is 1. The quantitative estimate of drug-likeness (QED) is 0.393. The molecule has 0 saturated carbocycles. The second-order valence-corrected chi connectivity index (χ2v) is 7.90. The fourth-order valence-corrected chi connectivity index (χ4v) is 3.80. The summed E-state index contributed by atoms with van der Waals surface area (Å²) in [4.78, 5) is 19.8. The van der Waals surface area contributed by atoms with Gasteiger partial charge in [0.05, 0.1) is 17.8 Å². The van der Waals surface area contributed by atoms with Gasteiger partial charge in [0, 0.05) is 21.2 Å². The summed E-state index contributed by atoms with van der Waals surface area (Å²) in [6.07, 6.45) is -4.47. The van der Waals surface area contributed by atoms with Crippen LogP contribution in [0.25, 0.3) is 0 Å². The number of nitrogens with zero attached hydrogens (tertiary/aromatic N) is 2. The highest BCUT2D eigenvalue weighted by Crippen LogP contribution is 2.33. The van der Waals surface area contributed by atoms with Crippen LogP contribution in [0.2, 0.25) is 10.0 Å². The van der Waals surface area contributed by atoms with Crippen molar-refractivity contribution in [2.45, 2.75) is 19.3 Å². The third-order valence-corrected chi connectivity index (χ3v) is 5.47. The number of hydrogen-bond acceptors (Lipinski definition) is 3. The van der Waals surface area contributed by atoms with Crippen molar-refractivity contribution in [3.63, 3.8) is 0 Å². The maximum Gasteiger partial charge on any atom is 0.416 e. The fourth-order valence-electron chi connectivity index (χ4n) is 3.34. The monoisotopic (exact) mass is 478 g/mol. The topological polar surface area (TPSA) is 41.9 Å². The molecule has 0 fully saturated rings. The highest BCUT2D eigenvalue weighted by atomic mass is 35.5. The summed E-state index contributed by atoms with van der Waals surface area (Å²) >= 11 is 12.0. The predicted molar refractivity (Wildman–Crippen MR) is 117 cm³/mol. The predicted octanol–water partition coefficient (Wildman–Crippen LogP) is 6.48. The molecular weight excluding hydrogens is 464 g/mol. The number of alkyl halides is 3. The molecule has 0 bridgehead atoms. The van der Waals surface area contributed by atoms with Gasteiger partial charge in [-0.05, 0) is 35.9 Å². The Kier molecular flexibility index (Phi) is 6.13. The van der Waals surface area contributed by atoms with E-state index in [-0.39, 0.29) is 18.9 Å². The molecule has 0 unspecified atom stereocenters. The zero-order valence-electron chi connectivity index (χ0n) is 16.4. The highest BCUT2D eigenvalue weighted by Gasteiger charge is 2.35. The summed E-state index contributed by atoms with van der Waals surface area (Å²) in [5.74, 6) is -0.467. The van der Waals surface area contributed by atoms with Crippen molar-refractivity contribution < 1.29 is 22.8 Å². The van der Waals surface area contributed by atoms with Gasteiger partial charge in [0.1, 0.15) is 6.61 Å². The second kappa shape index (κ2) is 8.84. The Labute approximate surface area is 191 Å². The van der Waals surface area contributed by atoms with Gasteiger partial charge >= 0.3 is 6.18 Å². The van der Waals surface area contributed by atoms with Crippen LogP contribution in [0.4, 0.5) is 18.9 Å². The van der Waals surface area contributed by atoms with Crippen LogP contribution in [0, 0.1) is 0 Å². The molecule has 0 atom stereocenters. The largest absolute Gasteiger partial charge is 0.416 e. The number of para-hydroxylation sites is 1. The van der Waals surface area contributed by atoms with Crippen molar-refractivity contribution in [2.24, 2.45) is 5.16 Å². The van der Waals surface area contributed by atoms with Crippen LogP contribution >= 0.6 is 23.2 Å². The zero-order valence-corrected chi connectivity index (χ0v) is 17.9. The number of fused-ring (bicyclic) bond motifs is 1. The van der Waals surface area contributed by atoms with Gasteiger partial charge in [-0.15, -0.1) is 0 Å². The van der Waals surface area contributed by atoms with E-state index in [1.807, 2.05) is 0 Å². The van der Waals surface area contributed by atoms with Crippen molar-refractivity contribution in [3.05, 3.63) is 99.0 Å². The molecule has 0 spiro atoms. The summed E-state index contributed by atoms with van der Waals surface area (Å²) in [6.45, 7) is -0.0234. The van der Waals surface area contributed by atoms with Crippen molar-refractivity contribution in [3.8, 4) is 0 Å². The van der Waals surface area contributed by atoms with Gasteiger partial charge in [-0.2, -0.15) is 13.2 Å². The molecule has 3 aromatic carbocycles. The maximum absolute atomic E-state index is 13.1. The molecule has 1 aliphatic heterocycles. The number of halogens is 5. The SMILES string of the molecule is O=C1C(=NOCc2ccc(Cl)cc2Cl)c2ccccc2N1Cc1cccc(C(F)(F)F)c1. The van der Waals surface area contributed by atoms with Crippen LogP contribution in [0.1, 0.15) is 22.3 Å². The van der Waals surface area contributed by atoms with Crippen LogP contribution in [-0.2, 0) is 29.0 Å². The molecule has 1 aliphatic rings. The maximum atomic E-state index is 13.1. The number of hydrogen-bond donors (Lipinski definition) is 0. The Bertz CT molecular complexity index is 1210. The minimum absolute atomic E-state index is 0.0164. The van der Waals surface area contributed by atoms with E-state index in [0.29, 0.717) is 32.4 Å². The molecule has 0 aromatic heterocycles. The Morgan fingerprint density at radius 3 is 2.50 bits per heavy atom. The van der Waals surface area contributed by atoms with E-state index in [2.05, 4.69) is 5.16 Å². The highest BCUT2D eigenvalue weighted by molar-refractivity contribution is 6.54. The number of carbonyl (C=O) groups excluding carboxylic acids is 1. The van der Waals surface area contributed by atoms with E-state index in [1.54, 1.807) is 48.5 Å². The van der Waals surface area contributed by atoms with Crippen LogP contribution in [0.15, 0.2) is 71.9 Å². The van der Waals surface area contributed by atoms with Crippen LogP contribution < -0.4 is 4.90 Å². The zero-order chi connectivity index (χ0) is 22.9. The summed E-state index contributed by atoms with van der Waals surface area (Å²) < 4.78 is 39.2. The standard InChI is InChI=1S/C23H15Cl2F3N2O2/c24-17-9-8-15(19(25)11-17)13-32-29-21-18-6-1-2-7-20(18)30(22(21)31)12-14-4-3-5-16(10-14)23(26,27)28/h1-11H,12-13H2. The van der Waals surface area contributed by atoms with E-state index >= 15 is 0 Å². The number of benzene rings is 3. The second-order valence-electron chi connectivity index (χ2n) is 7.06. The first-order chi connectivity index (χ1) is 15.2. The van der Waals surface area contributed by atoms with Gasteiger partial charge in [-0.25, -0.2) is 0 Å². The lowest BCUT2D eigenvalue weighted by Crippen LogP contribution is -2.29. The number of rotatable bonds is 5. The molecule has 4 nitrogen and oxygen atoms in total. The summed E-state index contributed by atoms with van der Waals surface area (Å²) in [7, 11) is 0. The lowest BCUT2D eigenvalue weighted by Gasteiger charge is -2.17. The smallest absolute Gasteiger partial charge is 0.390 e. The Balaban J connectivity index is 1.57. The summed E-state index contributed by atoms with van der Waals surface area (Å²) in [5, 5.41) is 4.89.